The molecular weight excluding hydrogens is 152 g/mol. The van der Waals surface area contributed by atoms with Gasteiger partial charge in [-0.15, -0.1) is 0 Å². The number of urea groups is 1. The molecule has 0 atom stereocenters. The molecule has 1 rings (SSSR count). The number of hydrogen-bond donors (Lipinski definition) is 1. The summed E-state index contributed by atoms with van der Waals surface area (Å²) in [4.78, 5) is 13.1. The van der Waals surface area contributed by atoms with Crippen LogP contribution in [-0.4, -0.2) is 24.0 Å². The molecule has 1 N–H and O–H groups in total. The highest BCUT2D eigenvalue weighted by Crippen LogP contribution is 2.06. The van der Waals surface area contributed by atoms with Gasteiger partial charge in [0.05, 0.1) is 0 Å². The van der Waals surface area contributed by atoms with Crippen molar-refractivity contribution < 1.29 is 4.79 Å². The summed E-state index contributed by atoms with van der Waals surface area (Å²) in [5, 5.41) is 2.73. The summed E-state index contributed by atoms with van der Waals surface area (Å²) in [6.07, 6.45) is 6.91. The van der Waals surface area contributed by atoms with Gasteiger partial charge in [0.2, 0.25) is 0 Å². The predicted octanol–water partition coefficient (Wildman–Crippen LogP) is 1.72. The van der Waals surface area contributed by atoms with E-state index in [1.807, 2.05) is 17.9 Å². The molecule has 1 heterocycles. The van der Waals surface area contributed by atoms with Crippen molar-refractivity contribution in [1.29, 1.82) is 0 Å². The van der Waals surface area contributed by atoms with E-state index < -0.39 is 0 Å². The fraction of sp³-hybridized carbons (Fsp3) is 0.667. The third-order valence-electron chi connectivity index (χ3n) is 1.95. The first kappa shape index (κ1) is 9.10. The topological polar surface area (TPSA) is 32.3 Å². The fourth-order valence-electron chi connectivity index (χ4n) is 1.26. The smallest absolute Gasteiger partial charge is 0.321 e. The predicted molar refractivity (Wildman–Crippen MR) is 48.8 cm³/mol. The highest BCUT2D eigenvalue weighted by Gasteiger charge is 2.15. The summed E-state index contributed by atoms with van der Waals surface area (Å²) in [6, 6.07) is 0.0391. The van der Waals surface area contributed by atoms with Gasteiger partial charge in [-0.25, -0.2) is 4.79 Å². The van der Waals surface area contributed by atoms with E-state index in [0.717, 1.165) is 32.4 Å². The van der Waals surface area contributed by atoms with Crippen LogP contribution in [0.1, 0.15) is 26.2 Å². The first-order valence-corrected chi connectivity index (χ1v) is 4.55. The van der Waals surface area contributed by atoms with Gasteiger partial charge in [0, 0.05) is 19.3 Å². The van der Waals surface area contributed by atoms with E-state index in [9.17, 15) is 4.79 Å². The normalized spacial score (nSPS) is 17.2. The van der Waals surface area contributed by atoms with Gasteiger partial charge < -0.3 is 10.2 Å². The number of carbonyl (C=O) groups is 1. The molecule has 0 aliphatic carbocycles. The largest absolute Gasteiger partial charge is 0.325 e. The molecule has 0 aromatic heterocycles. The quantitative estimate of drug-likeness (QED) is 0.669. The lowest BCUT2D eigenvalue weighted by molar-refractivity contribution is 0.212. The first-order valence-electron chi connectivity index (χ1n) is 4.55. The Balaban J connectivity index is 2.22. The summed E-state index contributed by atoms with van der Waals surface area (Å²) < 4.78 is 0. The monoisotopic (exact) mass is 168 g/mol. The Labute approximate surface area is 73.4 Å². The van der Waals surface area contributed by atoms with Crippen LogP contribution in [0.5, 0.6) is 0 Å². The Morgan fingerprint density at radius 3 is 2.75 bits per heavy atom. The van der Waals surface area contributed by atoms with Gasteiger partial charge in [0.1, 0.15) is 0 Å². The van der Waals surface area contributed by atoms with E-state index in [1.54, 1.807) is 6.20 Å². The van der Waals surface area contributed by atoms with Crippen molar-refractivity contribution in [2.75, 3.05) is 13.1 Å². The lowest BCUT2D eigenvalue weighted by Crippen LogP contribution is -2.35. The van der Waals surface area contributed by atoms with Gasteiger partial charge in [0.15, 0.2) is 0 Å². The van der Waals surface area contributed by atoms with Gasteiger partial charge in [-0.2, -0.15) is 0 Å². The third kappa shape index (κ3) is 2.57. The van der Waals surface area contributed by atoms with E-state index in [0.29, 0.717) is 0 Å². The molecular formula is C9H16N2O. The molecule has 0 bridgehead atoms. The average Bonchev–Trinajstić information content (AvgIpc) is 2.56. The number of likely N-dealkylation sites (tertiary alicyclic amines) is 1. The molecule has 1 saturated heterocycles. The molecule has 1 aliphatic heterocycles. The van der Waals surface area contributed by atoms with Crippen LogP contribution in [0.15, 0.2) is 12.3 Å². The van der Waals surface area contributed by atoms with Crippen LogP contribution in [0.4, 0.5) is 4.79 Å². The molecule has 3 heteroatoms. The highest BCUT2D eigenvalue weighted by molar-refractivity contribution is 5.75. The Morgan fingerprint density at radius 2 is 2.17 bits per heavy atom. The van der Waals surface area contributed by atoms with Crippen molar-refractivity contribution in [2.24, 2.45) is 0 Å². The number of allylic oxidation sites excluding steroid dienone is 1. The molecule has 0 spiro atoms. The van der Waals surface area contributed by atoms with E-state index in [4.69, 9.17) is 0 Å². The fourth-order valence-corrected chi connectivity index (χ4v) is 1.26. The maximum atomic E-state index is 11.3. The van der Waals surface area contributed by atoms with E-state index in [1.165, 1.54) is 0 Å². The highest BCUT2D eigenvalue weighted by atomic mass is 16.2. The zero-order valence-corrected chi connectivity index (χ0v) is 7.55. The molecule has 68 valence electrons. The minimum Gasteiger partial charge on any atom is -0.325 e. The van der Waals surface area contributed by atoms with Crippen LogP contribution >= 0.6 is 0 Å². The second-order valence-electron chi connectivity index (χ2n) is 2.95. The number of nitrogens with zero attached hydrogens (tertiary/aromatic N) is 1. The van der Waals surface area contributed by atoms with Gasteiger partial charge >= 0.3 is 6.03 Å². The van der Waals surface area contributed by atoms with Crippen molar-refractivity contribution in [3.63, 3.8) is 0 Å². The summed E-state index contributed by atoms with van der Waals surface area (Å²) >= 11 is 0. The second kappa shape index (κ2) is 4.80. The molecule has 0 aromatic rings. The Bertz CT molecular complexity index is 171. The number of nitrogens with one attached hydrogen (secondary N) is 1. The third-order valence-corrected chi connectivity index (χ3v) is 1.95. The Kier molecular flexibility index (Phi) is 3.64. The SMILES string of the molecule is CC/C=C/NC(=O)N1CCCC1. The number of rotatable bonds is 2. The second-order valence-corrected chi connectivity index (χ2v) is 2.95. The van der Waals surface area contributed by atoms with Crippen LogP contribution in [-0.2, 0) is 0 Å². The van der Waals surface area contributed by atoms with Gasteiger partial charge in [-0.05, 0) is 19.3 Å². The molecule has 12 heavy (non-hydrogen) atoms. The van der Waals surface area contributed by atoms with Crippen LogP contribution < -0.4 is 5.32 Å². The average molecular weight is 168 g/mol. The van der Waals surface area contributed by atoms with Crippen LogP contribution in [0.3, 0.4) is 0 Å². The van der Waals surface area contributed by atoms with E-state index >= 15 is 0 Å². The van der Waals surface area contributed by atoms with Crippen molar-refractivity contribution in [3.8, 4) is 0 Å². The molecule has 2 amide bonds. The zero-order valence-electron chi connectivity index (χ0n) is 7.55. The molecule has 3 nitrogen and oxygen atoms in total. The van der Waals surface area contributed by atoms with E-state index in [-0.39, 0.29) is 6.03 Å². The molecule has 0 unspecified atom stereocenters. The van der Waals surface area contributed by atoms with Crippen molar-refractivity contribution >= 4 is 6.03 Å². The van der Waals surface area contributed by atoms with Crippen molar-refractivity contribution in [2.45, 2.75) is 26.2 Å². The van der Waals surface area contributed by atoms with Gasteiger partial charge in [-0.3, -0.25) is 0 Å². The summed E-state index contributed by atoms with van der Waals surface area (Å²) in [7, 11) is 0. The van der Waals surface area contributed by atoms with Crippen molar-refractivity contribution in [1.82, 2.24) is 10.2 Å². The van der Waals surface area contributed by atoms with Crippen LogP contribution in [0.25, 0.3) is 0 Å². The lowest BCUT2D eigenvalue weighted by atomic mass is 10.4. The van der Waals surface area contributed by atoms with Crippen LogP contribution in [0, 0.1) is 0 Å². The lowest BCUT2D eigenvalue weighted by Gasteiger charge is -2.13. The molecule has 1 aliphatic rings. The molecule has 0 aromatic carbocycles. The van der Waals surface area contributed by atoms with Crippen molar-refractivity contribution in [3.05, 3.63) is 12.3 Å². The first-order chi connectivity index (χ1) is 5.84. The van der Waals surface area contributed by atoms with Gasteiger partial charge in [-0.1, -0.05) is 13.0 Å². The number of amides is 2. The van der Waals surface area contributed by atoms with Gasteiger partial charge in [0.25, 0.3) is 0 Å². The zero-order chi connectivity index (χ0) is 8.81. The summed E-state index contributed by atoms with van der Waals surface area (Å²) in [6.45, 7) is 3.86. The standard InChI is InChI=1S/C9H16N2O/c1-2-3-6-10-9(12)11-7-4-5-8-11/h3,6H,2,4-5,7-8H2,1H3,(H,10,12)/b6-3+. The number of hydrogen-bond acceptors (Lipinski definition) is 1. The number of carbonyl (C=O) groups excluding carboxylic acids is 1. The van der Waals surface area contributed by atoms with E-state index in [2.05, 4.69) is 5.32 Å². The summed E-state index contributed by atoms with van der Waals surface area (Å²) in [5.74, 6) is 0. The molecule has 1 fully saturated rings. The summed E-state index contributed by atoms with van der Waals surface area (Å²) in [5.41, 5.74) is 0. The maximum absolute atomic E-state index is 11.3. The maximum Gasteiger partial charge on any atom is 0.321 e. The Morgan fingerprint density at radius 1 is 1.50 bits per heavy atom. The Hall–Kier alpha value is -0.990. The minimum absolute atomic E-state index is 0.0391. The van der Waals surface area contributed by atoms with Crippen LogP contribution in [0.2, 0.25) is 0 Å². The molecule has 0 saturated carbocycles. The molecule has 0 radical (unpaired) electrons. The minimum atomic E-state index is 0.0391.